The number of rotatable bonds is 4. The first-order valence-electron chi connectivity index (χ1n) is 9.04. The quantitative estimate of drug-likeness (QED) is 0.504. The topological polar surface area (TPSA) is 82.0 Å². The lowest BCUT2D eigenvalue weighted by Gasteiger charge is -2.10. The monoisotopic (exact) mass is 406 g/mol. The van der Waals surface area contributed by atoms with E-state index in [0.29, 0.717) is 28.5 Å². The van der Waals surface area contributed by atoms with E-state index in [2.05, 4.69) is 5.32 Å². The number of nitrogens with two attached hydrogens (primary N) is 1. The van der Waals surface area contributed by atoms with E-state index in [0.717, 1.165) is 16.6 Å². The molecule has 7 heteroatoms. The average Bonchev–Trinajstić information content (AvgIpc) is 2.96. The van der Waals surface area contributed by atoms with Crippen molar-refractivity contribution in [1.82, 2.24) is 9.13 Å². The van der Waals surface area contributed by atoms with Gasteiger partial charge in [0.25, 0.3) is 5.91 Å². The summed E-state index contributed by atoms with van der Waals surface area (Å²) in [5, 5.41) is 3.19. The van der Waals surface area contributed by atoms with E-state index in [1.165, 1.54) is 0 Å². The smallest absolute Gasteiger partial charge is 0.329 e. The minimum Gasteiger partial charge on any atom is -0.397 e. The van der Waals surface area contributed by atoms with Crippen molar-refractivity contribution in [2.75, 3.05) is 11.1 Å². The van der Waals surface area contributed by atoms with Gasteiger partial charge < -0.3 is 11.1 Å². The molecule has 3 N–H and O–H groups in total. The second kappa shape index (κ2) is 7.48. The van der Waals surface area contributed by atoms with Crippen molar-refractivity contribution >= 4 is 39.9 Å². The van der Waals surface area contributed by atoms with Crippen molar-refractivity contribution in [2.45, 2.75) is 6.54 Å². The molecule has 0 aliphatic carbocycles. The van der Waals surface area contributed by atoms with Crippen LogP contribution in [0.4, 0.5) is 11.4 Å². The molecular weight excluding hydrogens is 388 g/mol. The lowest BCUT2D eigenvalue weighted by molar-refractivity contribution is 0.102. The zero-order valence-electron chi connectivity index (χ0n) is 15.7. The van der Waals surface area contributed by atoms with Crippen LogP contribution in [0.1, 0.15) is 15.9 Å². The fourth-order valence-corrected chi connectivity index (χ4v) is 3.55. The number of nitrogens with zero attached hydrogens (tertiary/aromatic N) is 2. The Morgan fingerprint density at radius 2 is 1.72 bits per heavy atom. The van der Waals surface area contributed by atoms with Crippen LogP contribution in [0.3, 0.4) is 0 Å². The van der Waals surface area contributed by atoms with Gasteiger partial charge in [-0.1, -0.05) is 41.9 Å². The molecule has 1 heterocycles. The Hall–Kier alpha value is -3.51. The highest BCUT2D eigenvalue weighted by molar-refractivity contribution is 6.31. The fraction of sp³-hybridized carbons (Fsp3) is 0.0909. The number of amides is 1. The number of anilines is 2. The molecule has 4 aromatic rings. The summed E-state index contributed by atoms with van der Waals surface area (Å²) < 4.78 is 3.27. The van der Waals surface area contributed by atoms with Crippen molar-refractivity contribution in [3.8, 4) is 0 Å². The van der Waals surface area contributed by atoms with Gasteiger partial charge in [-0.05, 0) is 42.0 Å². The second-order valence-electron chi connectivity index (χ2n) is 6.76. The third-order valence-corrected chi connectivity index (χ3v) is 5.26. The molecule has 0 saturated heterocycles. The number of carbonyl (C=O) groups is 1. The maximum absolute atomic E-state index is 12.6. The lowest BCUT2D eigenvalue weighted by Crippen LogP contribution is -2.23. The highest BCUT2D eigenvalue weighted by Gasteiger charge is 2.14. The van der Waals surface area contributed by atoms with Gasteiger partial charge in [-0.25, -0.2) is 4.79 Å². The van der Waals surface area contributed by atoms with Gasteiger partial charge in [-0.2, -0.15) is 0 Å². The Bertz CT molecular complexity index is 1290. The van der Waals surface area contributed by atoms with Crippen molar-refractivity contribution < 1.29 is 4.79 Å². The van der Waals surface area contributed by atoms with Gasteiger partial charge in [0.1, 0.15) is 0 Å². The Morgan fingerprint density at radius 3 is 2.45 bits per heavy atom. The average molecular weight is 407 g/mol. The fourth-order valence-electron chi connectivity index (χ4n) is 3.31. The molecule has 0 saturated carbocycles. The number of halogens is 1. The Labute approximate surface area is 172 Å². The molecule has 0 spiro atoms. The van der Waals surface area contributed by atoms with E-state index in [1.54, 1.807) is 58.6 Å². The first kappa shape index (κ1) is 18.8. The molecule has 3 aromatic carbocycles. The third kappa shape index (κ3) is 3.50. The molecule has 0 aliphatic rings. The minimum absolute atomic E-state index is 0.122. The Morgan fingerprint density at radius 1 is 1.03 bits per heavy atom. The highest BCUT2D eigenvalue weighted by Crippen LogP contribution is 2.23. The van der Waals surface area contributed by atoms with Crippen LogP contribution in [0.5, 0.6) is 0 Å². The van der Waals surface area contributed by atoms with E-state index in [4.69, 9.17) is 17.3 Å². The molecule has 29 heavy (non-hydrogen) atoms. The minimum atomic E-state index is -0.307. The number of aryl methyl sites for hydroxylation is 1. The van der Waals surface area contributed by atoms with Gasteiger partial charge in [0.2, 0.25) is 0 Å². The van der Waals surface area contributed by atoms with Crippen molar-refractivity contribution in [3.63, 3.8) is 0 Å². The van der Waals surface area contributed by atoms with Crippen LogP contribution in [0.25, 0.3) is 11.0 Å². The highest BCUT2D eigenvalue weighted by atomic mass is 35.5. The molecule has 0 aliphatic heterocycles. The van der Waals surface area contributed by atoms with Crippen LogP contribution in [0.2, 0.25) is 5.02 Å². The van der Waals surface area contributed by atoms with Crippen molar-refractivity contribution in [3.05, 3.63) is 93.4 Å². The van der Waals surface area contributed by atoms with E-state index >= 15 is 0 Å². The molecule has 1 aromatic heterocycles. The number of carbonyl (C=O) groups excluding carboxylic acids is 1. The van der Waals surface area contributed by atoms with E-state index < -0.39 is 0 Å². The van der Waals surface area contributed by atoms with Crippen LogP contribution < -0.4 is 16.7 Å². The van der Waals surface area contributed by atoms with Gasteiger partial charge in [0.05, 0.1) is 29.0 Å². The number of fused-ring (bicyclic) bond motifs is 1. The summed E-state index contributed by atoms with van der Waals surface area (Å²) in [6.45, 7) is 0.312. The third-order valence-electron chi connectivity index (χ3n) is 4.90. The zero-order valence-corrected chi connectivity index (χ0v) is 16.5. The molecule has 0 radical (unpaired) electrons. The van der Waals surface area contributed by atoms with E-state index in [1.807, 2.05) is 24.3 Å². The zero-order chi connectivity index (χ0) is 20.5. The van der Waals surface area contributed by atoms with Crippen LogP contribution in [-0.4, -0.2) is 15.0 Å². The Kier molecular flexibility index (Phi) is 4.86. The number of nitrogen functional groups attached to an aromatic ring is 1. The summed E-state index contributed by atoms with van der Waals surface area (Å²) in [6, 6.07) is 19.7. The van der Waals surface area contributed by atoms with Gasteiger partial charge >= 0.3 is 5.69 Å². The molecule has 4 rings (SSSR count). The molecule has 0 bridgehead atoms. The summed E-state index contributed by atoms with van der Waals surface area (Å²) in [7, 11) is 1.74. The van der Waals surface area contributed by atoms with Gasteiger partial charge in [-0.15, -0.1) is 0 Å². The molecule has 146 valence electrons. The number of hydrogen-bond acceptors (Lipinski definition) is 3. The SMILES string of the molecule is Cn1c(=O)n(Cc2ccc(C(=O)Nc3ccccc3N)cc2Cl)c2ccccc21. The number of nitrogens with one attached hydrogen (secondary N) is 1. The predicted octanol–water partition coefficient (Wildman–Crippen LogP) is 3.88. The number of para-hydroxylation sites is 4. The van der Waals surface area contributed by atoms with Crippen molar-refractivity contribution in [1.29, 1.82) is 0 Å². The molecule has 1 amide bonds. The van der Waals surface area contributed by atoms with Gasteiger partial charge in [0.15, 0.2) is 0 Å². The summed E-state index contributed by atoms with van der Waals surface area (Å²) in [6.07, 6.45) is 0. The molecule has 0 fully saturated rings. The Balaban J connectivity index is 1.62. The van der Waals surface area contributed by atoms with Crippen LogP contribution >= 0.6 is 11.6 Å². The molecule has 0 atom stereocenters. The first-order chi connectivity index (χ1) is 14.0. The summed E-state index contributed by atoms with van der Waals surface area (Å²) >= 11 is 6.44. The second-order valence-corrected chi connectivity index (χ2v) is 7.17. The maximum Gasteiger partial charge on any atom is 0.329 e. The maximum atomic E-state index is 12.6. The van der Waals surface area contributed by atoms with Crippen LogP contribution in [-0.2, 0) is 13.6 Å². The molecular formula is C22H19ClN4O2. The van der Waals surface area contributed by atoms with Crippen molar-refractivity contribution in [2.24, 2.45) is 7.05 Å². The largest absolute Gasteiger partial charge is 0.397 e. The first-order valence-corrected chi connectivity index (χ1v) is 9.42. The normalized spacial score (nSPS) is 11.0. The molecule has 0 unspecified atom stereocenters. The van der Waals surface area contributed by atoms with E-state index in [-0.39, 0.29) is 11.6 Å². The van der Waals surface area contributed by atoms with Crippen LogP contribution in [0, 0.1) is 0 Å². The number of benzene rings is 3. The predicted molar refractivity (Wildman–Crippen MR) is 117 cm³/mol. The molecule has 6 nitrogen and oxygen atoms in total. The van der Waals surface area contributed by atoms with Crippen LogP contribution in [0.15, 0.2) is 71.5 Å². The number of aromatic nitrogens is 2. The summed E-state index contributed by atoms with van der Waals surface area (Å²) in [4.78, 5) is 25.2. The van der Waals surface area contributed by atoms with Gasteiger partial charge in [0, 0.05) is 17.6 Å². The van der Waals surface area contributed by atoms with E-state index in [9.17, 15) is 9.59 Å². The summed E-state index contributed by atoms with van der Waals surface area (Å²) in [5.41, 5.74) is 9.62. The number of imidazole rings is 1. The van der Waals surface area contributed by atoms with Gasteiger partial charge in [-0.3, -0.25) is 13.9 Å². The number of hydrogen-bond donors (Lipinski definition) is 2. The summed E-state index contributed by atoms with van der Waals surface area (Å²) in [5.74, 6) is -0.307. The lowest BCUT2D eigenvalue weighted by atomic mass is 10.1. The standard InChI is InChI=1S/C22H19ClN4O2/c1-26-19-8-4-5-9-20(19)27(22(26)29)13-15-11-10-14(12-16(15)23)21(28)25-18-7-3-2-6-17(18)24/h2-12H,13,24H2,1H3,(H,25,28).